The van der Waals surface area contributed by atoms with Crippen molar-refractivity contribution in [2.24, 2.45) is 5.73 Å². The van der Waals surface area contributed by atoms with Crippen molar-refractivity contribution >= 4 is 5.82 Å². The van der Waals surface area contributed by atoms with Crippen LogP contribution in [-0.4, -0.2) is 18.6 Å². The summed E-state index contributed by atoms with van der Waals surface area (Å²) in [6.45, 7) is 1.47. The molecule has 0 fully saturated rings. The van der Waals surface area contributed by atoms with Gasteiger partial charge in [0.05, 0.1) is 0 Å². The lowest BCUT2D eigenvalue weighted by atomic mass is 10.1. The Morgan fingerprint density at radius 2 is 1.89 bits per heavy atom. The van der Waals surface area contributed by atoms with E-state index in [4.69, 9.17) is 5.73 Å². The third kappa shape index (κ3) is 3.08. The van der Waals surface area contributed by atoms with Gasteiger partial charge >= 0.3 is 0 Å². The van der Waals surface area contributed by atoms with Gasteiger partial charge in [0.15, 0.2) is 0 Å². The Hall–Kier alpha value is -1.87. The first kappa shape index (κ1) is 12.6. The van der Waals surface area contributed by atoms with E-state index in [0.29, 0.717) is 6.54 Å². The highest BCUT2D eigenvalue weighted by molar-refractivity contribution is 5.45. The van der Waals surface area contributed by atoms with Crippen LogP contribution in [0.5, 0.6) is 0 Å². The third-order valence-electron chi connectivity index (χ3n) is 3.03. The van der Waals surface area contributed by atoms with Crippen LogP contribution < -0.4 is 10.6 Å². The normalized spacial score (nSPS) is 10.3. The van der Waals surface area contributed by atoms with Gasteiger partial charge in [0.2, 0.25) is 0 Å². The average Bonchev–Trinajstić information content (AvgIpc) is 2.45. The Kier molecular flexibility index (Phi) is 4.31. The van der Waals surface area contributed by atoms with Gasteiger partial charge < -0.3 is 10.6 Å². The molecule has 3 heteroatoms. The molecule has 0 unspecified atom stereocenters. The Morgan fingerprint density at radius 1 is 1.11 bits per heavy atom. The molecule has 2 aromatic rings. The first-order valence-corrected chi connectivity index (χ1v) is 6.20. The van der Waals surface area contributed by atoms with Gasteiger partial charge in [-0.25, -0.2) is 4.98 Å². The molecule has 0 aliphatic heterocycles. The van der Waals surface area contributed by atoms with Gasteiger partial charge in [-0.2, -0.15) is 0 Å². The fourth-order valence-corrected chi connectivity index (χ4v) is 1.98. The molecule has 3 nitrogen and oxygen atoms in total. The van der Waals surface area contributed by atoms with E-state index in [1.165, 1.54) is 5.56 Å². The quantitative estimate of drug-likeness (QED) is 0.872. The smallest absolute Gasteiger partial charge is 0.132 e. The fourth-order valence-electron chi connectivity index (χ4n) is 1.98. The molecule has 1 heterocycles. The molecule has 1 aromatic carbocycles. The molecule has 18 heavy (non-hydrogen) atoms. The average molecular weight is 241 g/mol. The summed E-state index contributed by atoms with van der Waals surface area (Å²) in [4.78, 5) is 6.57. The minimum atomic E-state index is 0.527. The molecule has 2 rings (SSSR count). The van der Waals surface area contributed by atoms with Crippen LogP contribution in [0.3, 0.4) is 0 Å². The maximum absolute atomic E-state index is 5.73. The zero-order chi connectivity index (χ0) is 12.8. The largest absolute Gasteiger partial charge is 0.359 e. The van der Waals surface area contributed by atoms with Crippen molar-refractivity contribution in [1.82, 2.24) is 4.98 Å². The minimum absolute atomic E-state index is 0.527. The van der Waals surface area contributed by atoms with Crippen LogP contribution in [0.2, 0.25) is 0 Å². The second kappa shape index (κ2) is 6.17. The number of rotatable bonds is 5. The maximum Gasteiger partial charge on any atom is 0.132 e. The standard InChI is InChI=1S/C15H19N3/c1-18(11-9-13-6-3-2-4-7-13)15-14(12-16)8-5-10-17-15/h2-8,10H,9,11-12,16H2,1H3. The molecular formula is C15H19N3. The molecule has 0 aliphatic rings. The Morgan fingerprint density at radius 3 is 2.61 bits per heavy atom. The first-order valence-electron chi connectivity index (χ1n) is 6.20. The van der Waals surface area contributed by atoms with Crippen molar-refractivity contribution < 1.29 is 0 Å². The lowest BCUT2D eigenvalue weighted by Crippen LogP contribution is -2.23. The number of benzene rings is 1. The van der Waals surface area contributed by atoms with Gasteiger partial charge in [-0.3, -0.25) is 0 Å². The van der Waals surface area contributed by atoms with Crippen LogP contribution in [-0.2, 0) is 13.0 Å². The van der Waals surface area contributed by atoms with E-state index in [-0.39, 0.29) is 0 Å². The van der Waals surface area contributed by atoms with Gasteiger partial charge in [0, 0.05) is 31.9 Å². The van der Waals surface area contributed by atoms with Crippen LogP contribution in [0.1, 0.15) is 11.1 Å². The van der Waals surface area contributed by atoms with E-state index in [1.807, 2.05) is 24.4 Å². The Balaban J connectivity index is 2.01. The Labute approximate surface area is 108 Å². The predicted octanol–water partition coefficient (Wildman–Crippen LogP) is 2.22. The van der Waals surface area contributed by atoms with E-state index in [1.54, 1.807) is 0 Å². The number of anilines is 1. The van der Waals surface area contributed by atoms with E-state index in [2.05, 4.69) is 41.2 Å². The molecule has 0 aliphatic carbocycles. The second-order valence-corrected chi connectivity index (χ2v) is 4.35. The van der Waals surface area contributed by atoms with Gasteiger partial charge in [-0.15, -0.1) is 0 Å². The zero-order valence-corrected chi connectivity index (χ0v) is 10.7. The fraction of sp³-hybridized carbons (Fsp3) is 0.267. The monoisotopic (exact) mass is 241 g/mol. The number of hydrogen-bond donors (Lipinski definition) is 1. The lowest BCUT2D eigenvalue weighted by Gasteiger charge is -2.20. The molecule has 1 aromatic heterocycles. The molecule has 0 bridgehead atoms. The van der Waals surface area contributed by atoms with E-state index < -0.39 is 0 Å². The molecule has 0 amide bonds. The van der Waals surface area contributed by atoms with Crippen molar-refractivity contribution in [3.8, 4) is 0 Å². The van der Waals surface area contributed by atoms with Crippen LogP contribution in [0.15, 0.2) is 48.7 Å². The van der Waals surface area contributed by atoms with E-state index >= 15 is 0 Å². The minimum Gasteiger partial charge on any atom is -0.359 e. The summed E-state index contributed by atoms with van der Waals surface area (Å²) in [7, 11) is 2.06. The second-order valence-electron chi connectivity index (χ2n) is 4.35. The van der Waals surface area contributed by atoms with Crippen LogP contribution in [0.4, 0.5) is 5.82 Å². The predicted molar refractivity (Wildman–Crippen MR) is 75.5 cm³/mol. The van der Waals surface area contributed by atoms with Gasteiger partial charge in [0.1, 0.15) is 5.82 Å². The van der Waals surface area contributed by atoms with Gasteiger partial charge in [-0.1, -0.05) is 36.4 Å². The summed E-state index contributed by atoms with van der Waals surface area (Å²) in [6.07, 6.45) is 2.82. The Bertz CT molecular complexity index is 482. The van der Waals surface area contributed by atoms with Crippen molar-refractivity contribution in [2.75, 3.05) is 18.5 Å². The van der Waals surface area contributed by atoms with Gasteiger partial charge in [0.25, 0.3) is 0 Å². The SMILES string of the molecule is CN(CCc1ccccc1)c1ncccc1CN. The zero-order valence-electron chi connectivity index (χ0n) is 10.7. The highest BCUT2D eigenvalue weighted by Crippen LogP contribution is 2.15. The van der Waals surface area contributed by atoms with Gasteiger partial charge in [-0.05, 0) is 18.1 Å². The van der Waals surface area contributed by atoms with Crippen molar-refractivity contribution in [2.45, 2.75) is 13.0 Å². The van der Waals surface area contributed by atoms with Crippen molar-refractivity contribution in [1.29, 1.82) is 0 Å². The van der Waals surface area contributed by atoms with E-state index in [9.17, 15) is 0 Å². The number of likely N-dealkylation sites (N-methyl/N-ethyl adjacent to an activating group) is 1. The number of nitrogens with two attached hydrogens (primary N) is 1. The number of nitrogens with zero attached hydrogens (tertiary/aromatic N) is 2. The van der Waals surface area contributed by atoms with Crippen LogP contribution in [0, 0.1) is 0 Å². The topological polar surface area (TPSA) is 42.2 Å². The summed E-state index contributed by atoms with van der Waals surface area (Å²) in [5.41, 5.74) is 8.16. The molecule has 0 saturated carbocycles. The van der Waals surface area contributed by atoms with Crippen LogP contribution in [0.25, 0.3) is 0 Å². The summed E-state index contributed by atoms with van der Waals surface area (Å²) in [5.74, 6) is 0.982. The molecule has 0 atom stereocenters. The number of aromatic nitrogens is 1. The first-order chi connectivity index (χ1) is 8.81. The summed E-state index contributed by atoms with van der Waals surface area (Å²) < 4.78 is 0. The number of hydrogen-bond acceptors (Lipinski definition) is 3. The molecular weight excluding hydrogens is 222 g/mol. The van der Waals surface area contributed by atoms with E-state index in [0.717, 1.165) is 24.3 Å². The molecule has 0 saturated heterocycles. The summed E-state index contributed by atoms with van der Waals surface area (Å²) in [5, 5.41) is 0. The van der Waals surface area contributed by atoms with Crippen molar-refractivity contribution in [3.63, 3.8) is 0 Å². The van der Waals surface area contributed by atoms with Crippen molar-refractivity contribution in [3.05, 3.63) is 59.8 Å². The summed E-state index contributed by atoms with van der Waals surface area (Å²) >= 11 is 0. The molecule has 2 N–H and O–H groups in total. The summed E-state index contributed by atoms with van der Waals surface area (Å²) in [6, 6.07) is 14.4. The maximum atomic E-state index is 5.73. The molecule has 94 valence electrons. The highest BCUT2D eigenvalue weighted by atomic mass is 15.2. The lowest BCUT2D eigenvalue weighted by molar-refractivity contribution is 0.846. The molecule has 0 spiro atoms. The highest BCUT2D eigenvalue weighted by Gasteiger charge is 2.07. The third-order valence-corrected chi connectivity index (χ3v) is 3.03. The van der Waals surface area contributed by atoms with Crippen LogP contribution >= 0.6 is 0 Å². The molecule has 0 radical (unpaired) electrons. The number of pyridine rings is 1.